The van der Waals surface area contributed by atoms with Crippen LogP contribution in [0.15, 0.2) is 34.7 Å². The minimum atomic E-state index is -0.260. The number of carbonyl (C=O) groups excluding carboxylic acids is 1. The van der Waals surface area contributed by atoms with Crippen molar-refractivity contribution < 1.29 is 13.9 Å². The van der Waals surface area contributed by atoms with E-state index < -0.39 is 0 Å². The Kier molecular flexibility index (Phi) is 5.20. The van der Waals surface area contributed by atoms with Crippen molar-refractivity contribution in [2.24, 2.45) is 0 Å². The monoisotopic (exact) mass is 328 g/mol. The molecule has 1 N–H and O–H groups in total. The van der Waals surface area contributed by atoms with E-state index in [0.717, 1.165) is 31.0 Å². The Morgan fingerprint density at radius 1 is 1.21 bits per heavy atom. The molecular formula is C19H24N2O3. The van der Waals surface area contributed by atoms with E-state index in [2.05, 4.69) is 10.2 Å². The van der Waals surface area contributed by atoms with Crippen LogP contribution in [-0.2, 0) is 6.54 Å². The molecule has 2 heterocycles. The second kappa shape index (κ2) is 7.53. The van der Waals surface area contributed by atoms with E-state index in [1.807, 2.05) is 31.2 Å². The highest BCUT2D eigenvalue weighted by atomic mass is 16.5. The average Bonchev–Trinajstić information content (AvgIpc) is 3.05. The third kappa shape index (κ3) is 3.97. The first-order valence-electron chi connectivity index (χ1n) is 8.43. The van der Waals surface area contributed by atoms with Gasteiger partial charge in [0, 0.05) is 0 Å². The average molecular weight is 328 g/mol. The number of rotatable bonds is 5. The number of benzene rings is 1. The summed E-state index contributed by atoms with van der Waals surface area (Å²) in [6.07, 6.45) is 3.78. The minimum absolute atomic E-state index is 0.260. The molecule has 1 aromatic heterocycles. The zero-order chi connectivity index (χ0) is 16.9. The van der Waals surface area contributed by atoms with Crippen LogP contribution < -0.4 is 10.1 Å². The molecule has 1 saturated heterocycles. The van der Waals surface area contributed by atoms with Gasteiger partial charge in [-0.15, -0.1) is 0 Å². The summed E-state index contributed by atoms with van der Waals surface area (Å²) < 4.78 is 11.0. The maximum atomic E-state index is 12.4. The first kappa shape index (κ1) is 16.6. The minimum Gasteiger partial charge on any atom is -0.495 e. The van der Waals surface area contributed by atoms with Crippen molar-refractivity contribution in [3.8, 4) is 5.75 Å². The van der Waals surface area contributed by atoms with E-state index in [4.69, 9.17) is 9.15 Å². The van der Waals surface area contributed by atoms with E-state index in [-0.39, 0.29) is 5.91 Å². The first-order chi connectivity index (χ1) is 11.7. The molecule has 1 amide bonds. The zero-order valence-corrected chi connectivity index (χ0v) is 14.3. The highest BCUT2D eigenvalue weighted by molar-refractivity contribution is 6.03. The van der Waals surface area contributed by atoms with Gasteiger partial charge in [0.1, 0.15) is 11.5 Å². The number of carbonyl (C=O) groups is 1. The Morgan fingerprint density at radius 3 is 2.75 bits per heavy atom. The van der Waals surface area contributed by atoms with Crippen LogP contribution in [0.3, 0.4) is 0 Å². The molecule has 1 aliphatic heterocycles. The van der Waals surface area contributed by atoms with Gasteiger partial charge in [-0.3, -0.25) is 9.69 Å². The van der Waals surface area contributed by atoms with Crippen LogP contribution in [0.4, 0.5) is 5.69 Å². The Labute approximate surface area is 142 Å². The molecule has 128 valence electrons. The molecule has 0 saturated carbocycles. The lowest BCUT2D eigenvalue weighted by Gasteiger charge is -2.25. The standard InChI is InChI=1S/C19H24N2O3/c1-14-6-8-17(23-2)16(12-14)20-19(22)18-9-7-15(24-18)13-21-10-4-3-5-11-21/h6-9,12H,3-5,10-11,13H2,1-2H3,(H,20,22). The molecule has 1 aliphatic rings. The van der Waals surface area contributed by atoms with Gasteiger partial charge in [-0.2, -0.15) is 0 Å². The second-order valence-electron chi connectivity index (χ2n) is 6.26. The van der Waals surface area contributed by atoms with Crippen LogP contribution in [0.1, 0.15) is 41.1 Å². The Balaban J connectivity index is 1.66. The van der Waals surface area contributed by atoms with Gasteiger partial charge in [-0.25, -0.2) is 0 Å². The van der Waals surface area contributed by atoms with Gasteiger partial charge in [0.15, 0.2) is 5.76 Å². The number of anilines is 1. The van der Waals surface area contributed by atoms with Crippen LogP contribution in [0.25, 0.3) is 0 Å². The third-order valence-corrected chi connectivity index (χ3v) is 4.32. The molecule has 1 fully saturated rings. The van der Waals surface area contributed by atoms with E-state index in [9.17, 15) is 4.79 Å². The van der Waals surface area contributed by atoms with Gasteiger partial charge in [0.05, 0.1) is 19.3 Å². The van der Waals surface area contributed by atoms with Crippen molar-refractivity contribution in [2.45, 2.75) is 32.7 Å². The number of nitrogens with zero attached hydrogens (tertiary/aromatic N) is 1. The molecular weight excluding hydrogens is 304 g/mol. The van der Waals surface area contributed by atoms with Gasteiger partial charge in [-0.05, 0) is 62.7 Å². The summed E-state index contributed by atoms with van der Waals surface area (Å²) in [5.41, 5.74) is 1.70. The lowest BCUT2D eigenvalue weighted by atomic mass is 10.1. The van der Waals surface area contributed by atoms with Crippen LogP contribution >= 0.6 is 0 Å². The van der Waals surface area contributed by atoms with E-state index >= 15 is 0 Å². The first-order valence-corrected chi connectivity index (χ1v) is 8.43. The maximum Gasteiger partial charge on any atom is 0.291 e. The second-order valence-corrected chi connectivity index (χ2v) is 6.26. The number of ether oxygens (including phenoxy) is 1. The molecule has 3 rings (SSSR count). The number of aryl methyl sites for hydroxylation is 1. The Hall–Kier alpha value is -2.27. The number of methoxy groups -OCH3 is 1. The van der Waals surface area contributed by atoms with E-state index in [1.165, 1.54) is 19.3 Å². The number of nitrogens with one attached hydrogen (secondary N) is 1. The summed E-state index contributed by atoms with van der Waals surface area (Å²) in [6.45, 7) is 4.94. The highest BCUT2D eigenvalue weighted by Gasteiger charge is 2.16. The smallest absolute Gasteiger partial charge is 0.291 e. The Bertz CT molecular complexity index is 702. The summed E-state index contributed by atoms with van der Waals surface area (Å²) in [6, 6.07) is 9.29. The van der Waals surface area contributed by atoms with Crippen molar-refractivity contribution in [2.75, 3.05) is 25.5 Å². The fourth-order valence-corrected chi connectivity index (χ4v) is 3.03. The molecule has 0 atom stereocenters. The fourth-order valence-electron chi connectivity index (χ4n) is 3.03. The van der Waals surface area contributed by atoms with Gasteiger partial charge in [-0.1, -0.05) is 12.5 Å². The number of piperidine rings is 1. The van der Waals surface area contributed by atoms with Crippen molar-refractivity contribution in [1.82, 2.24) is 4.90 Å². The normalized spacial score (nSPS) is 15.2. The van der Waals surface area contributed by atoms with Gasteiger partial charge < -0.3 is 14.5 Å². The molecule has 2 aromatic rings. The van der Waals surface area contributed by atoms with Crippen molar-refractivity contribution in [3.05, 3.63) is 47.4 Å². The van der Waals surface area contributed by atoms with Crippen molar-refractivity contribution in [3.63, 3.8) is 0 Å². The molecule has 5 heteroatoms. The molecule has 0 spiro atoms. The summed E-state index contributed by atoms with van der Waals surface area (Å²) in [4.78, 5) is 14.8. The Morgan fingerprint density at radius 2 is 2.00 bits per heavy atom. The SMILES string of the molecule is COc1ccc(C)cc1NC(=O)c1ccc(CN2CCCCC2)o1. The molecule has 1 aromatic carbocycles. The molecule has 5 nitrogen and oxygen atoms in total. The van der Waals surface area contributed by atoms with Crippen molar-refractivity contribution >= 4 is 11.6 Å². The lowest BCUT2D eigenvalue weighted by Crippen LogP contribution is -2.28. The van der Waals surface area contributed by atoms with Gasteiger partial charge >= 0.3 is 0 Å². The van der Waals surface area contributed by atoms with Crippen LogP contribution in [0.2, 0.25) is 0 Å². The third-order valence-electron chi connectivity index (χ3n) is 4.32. The van der Waals surface area contributed by atoms with Crippen LogP contribution in [0.5, 0.6) is 5.75 Å². The van der Waals surface area contributed by atoms with Crippen LogP contribution in [-0.4, -0.2) is 31.0 Å². The van der Waals surface area contributed by atoms with Crippen LogP contribution in [0, 0.1) is 6.92 Å². The maximum absolute atomic E-state index is 12.4. The predicted octanol–water partition coefficient (Wildman–Crippen LogP) is 3.83. The topological polar surface area (TPSA) is 54.7 Å². The molecule has 0 radical (unpaired) electrons. The van der Waals surface area contributed by atoms with E-state index in [0.29, 0.717) is 17.2 Å². The summed E-state index contributed by atoms with van der Waals surface area (Å²) >= 11 is 0. The lowest BCUT2D eigenvalue weighted by molar-refractivity contribution is 0.0991. The number of amides is 1. The summed E-state index contributed by atoms with van der Waals surface area (Å²) in [5, 5.41) is 2.86. The zero-order valence-electron chi connectivity index (χ0n) is 14.3. The van der Waals surface area contributed by atoms with Gasteiger partial charge in [0.2, 0.25) is 0 Å². The number of furan rings is 1. The largest absolute Gasteiger partial charge is 0.495 e. The molecule has 24 heavy (non-hydrogen) atoms. The quantitative estimate of drug-likeness (QED) is 0.906. The fraction of sp³-hybridized carbons (Fsp3) is 0.421. The number of hydrogen-bond donors (Lipinski definition) is 1. The molecule has 0 unspecified atom stereocenters. The highest BCUT2D eigenvalue weighted by Crippen LogP contribution is 2.26. The number of likely N-dealkylation sites (tertiary alicyclic amines) is 1. The predicted molar refractivity (Wildman–Crippen MR) is 93.5 cm³/mol. The summed E-state index contributed by atoms with van der Waals surface area (Å²) in [5.74, 6) is 1.53. The molecule has 0 aliphatic carbocycles. The van der Waals surface area contributed by atoms with Crippen molar-refractivity contribution in [1.29, 1.82) is 0 Å². The summed E-state index contributed by atoms with van der Waals surface area (Å²) in [7, 11) is 1.59. The molecule has 0 bridgehead atoms. The van der Waals surface area contributed by atoms with E-state index in [1.54, 1.807) is 13.2 Å². The number of hydrogen-bond acceptors (Lipinski definition) is 4. The van der Waals surface area contributed by atoms with Gasteiger partial charge in [0.25, 0.3) is 5.91 Å².